The molecular weight excluding hydrogens is 192 g/mol. The lowest BCUT2D eigenvalue weighted by atomic mass is 9.86. The average molecular weight is 216 g/mol. The fourth-order valence-corrected chi connectivity index (χ4v) is 2.74. The van der Waals surface area contributed by atoms with Crippen molar-refractivity contribution in [3.05, 3.63) is 36.0 Å². The van der Waals surface area contributed by atoms with Gasteiger partial charge in [-0.05, 0) is 50.9 Å². The van der Waals surface area contributed by atoms with Crippen LogP contribution in [0.5, 0.6) is 0 Å². The molecule has 0 nitrogen and oxygen atoms in total. The van der Waals surface area contributed by atoms with Crippen molar-refractivity contribution in [3.8, 4) is 0 Å². The maximum atomic E-state index is 2.47. The van der Waals surface area contributed by atoms with Crippen LogP contribution in [0.4, 0.5) is 0 Å². The van der Waals surface area contributed by atoms with Gasteiger partial charge in [-0.15, -0.1) is 0 Å². The van der Waals surface area contributed by atoms with Gasteiger partial charge in [0.05, 0.1) is 0 Å². The summed E-state index contributed by atoms with van der Waals surface area (Å²) in [6.07, 6.45) is 24.1. The summed E-state index contributed by atoms with van der Waals surface area (Å²) in [5, 5.41) is 0. The number of hydrogen-bond acceptors (Lipinski definition) is 0. The maximum Gasteiger partial charge on any atom is -0.00202 e. The third kappa shape index (κ3) is 3.66. The number of allylic oxidation sites excluding steroid dienone is 6. The second-order valence-corrected chi connectivity index (χ2v) is 5.09. The lowest BCUT2D eigenvalue weighted by Gasteiger charge is -2.19. The first kappa shape index (κ1) is 11.7. The molecule has 0 radical (unpaired) electrons. The molecular formula is C16H24. The molecule has 0 spiro atoms. The van der Waals surface area contributed by atoms with E-state index >= 15 is 0 Å². The molecule has 0 aromatic heterocycles. The molecule has 88 valence electrons. The molecule has 0 saturated carbocycles. The Morgan fingerprint density at radius 2 is 1.75 bits per heavy atom. The van der Waals surface area contributed by atoms with Crippen molar-refractivity contribution in [2.75, 3.05) is 0 Å². The van der Waals surface area contributed by atoms with E-state index in [0.717, 1.165) is 5.92 Å². The van der Waals surface area contributed by atoms with Crippen LogP contribution in [0.15, 0.2) is 36.0 Å². The van der Waals surface area contributed by atoms with Gasteiger partial charge in [-0.25, -0.2) is 0 Å². The Kier molecular flexibility index (Phi) is 4.92. The summed E-state index contributed by atoms with van der Waals surface area (Å²) < 4.78 is 0. The molecule has 0 aliphatic heterocycles. The highest BCUT2D eigenvalue weighted by Gasteiger charge is 2.12. The van der Waals surface area contributed by atoms with Gasteiger partial charge >= 0.3 is 0 Å². The van der Waals surface area contributed by atoms with Crippen LogP contribution in [-0.2, 0) is 0 Å². The van der Waals surface area contributed by atoms with Crippen LogP contribution < -0.4 is 0 Å². The van der Waals surface area contributed by atoms with Crippen LogP contribution in [-0.4, -0.2) is 0 Å². The first-order valence-electron chi connectivity index (χ1n) is 6.99. The SMILES string of the molecule is C1=C\CCCC\C(C2/C=C\CCCCC2)=C/1. The lowest BCUT2D eigenvalue weighted by molar-refractivity contribution is 0.546. The Balaban J connectivity index is 2.04. The minimum atomic E-state index is 0.739. The van der Waals surface area contributed by atoms with E-state index in [1.54, 1.807) is 5.57 Å². The van der Waals surface area contributed by atoms with Crippen molar-refractivity contribution in [1.29, 1.82) is 0 Å². The first-order chi connectivity index (χ1) is 7.97. The topological polar surface area (TPSA) is 0 Å². The predicted molar refractivity (Wildman–Crippen MR) is 71.4 cm³/mol. The van der Waals surface area contributed by atoms with Crippen molar-refractivity contribution in [2.45, 2.75) is 57.8 Å². The molecule has 2 aliphatic rings. The monoisotopic (exact) mass is 216 g/mol. The summed E-state index contributed by atoms with van der Waals surface area (Å²) in [5.41, 5.74) is 1.68. The van der Waals surface area contributed by atoms with Gasteiger partial charge in [0.1, 0.15) is 0 Å². The highest BCUT2D eigenvalue weighted by atomic mass is 14.2. The standard InChI is InChI=1S/C16H24/c1-3-7-11-15(12-8-4-1)16-13-9-5-2-6-10-14-16/h3,7,9,11,13,16H,1-2,4-6,8,10,12,14H2/b7-3-,13-9-,15-11+. The molecule has 2 aliphatic carbocycles. The smallest absolute Gasteiger partial charge is 0.00202 e. The fraction of sp³-hybridized carbons (Fsp3) is 0.625. The molecule has 16 heavy (non-hydrogen) atoms. The second kappa shape index (κ2) is 6.73. The van der Waals surface area contributed by atoms with Gasteiger partial charge in [-0.1, -0.05) is 48.8 Å². The van der Waals surface area contributed by atoms with E-state index in [1.807, 2.05) is 0 Å². The third-order valence-electron chi connectivity index (χ3n) is 3.76. The molecule has 0 bridgehead atoms. The fourth-order valence-electron chi connectivity index (χ4n) is 2.74. The van der Waals surface area contributed by atoms with Gasteiger partial charge in [-0.2, -0.15) is 0 Å². The minimum Gasteiger partial charge on any atom is -0.0879 e. The van der Waals surface area contributed by atoms with Gasteiger partial charge < -0.3 is 0 Å². The number of hydrogen-bond donors (Lipinski definition) is 0. The largest absolute Gasteiger partial charge is 0.0879 e. The Morgan fingerprint density at radius 1 is 0.875 bits per heavy atom. The van der Waals surface area contributed by atoms with E-state index in [4.69, 9.17) is 0 Å². The van der Waals surface area contributed by atoms with Gasteiger partial charge in [0.2, 0.25) is 0 Å². The summed E-state index contributed by atoms with van der Waals surface area (Å²) in [6, 6.07) is 0. The van der Waals surface area contributed by atoms with Crippen molar-refractivity contribution in [3.63, 3.8) is 0 Å². The van der Waals surface area contributed by atoms with Crippen molar-refractivity contribution >= 4 is 0 Å². The summed E-state index contributed by atoms with van der Waals surface area (Å²) in [7, 11) is 0. The molecule has 0 N–H and O–H groups in total. The molecule has 2 rings (SSSR count). The van der Waals surface area contributed by atoms with Gasteiger partial charge in [0.25, 0.3) is 0 Å². The highest BCUT2D eigenvalue weighted by molar-refractivity contribution is 5.20. The zero-order valence-electron chi connectivity index (χ0n) is 10.3. The van der Waals surface area contributed by atoms with E-state index in [2.05, 4.69) is 30.4 Å². The summed E-state index contributed by atoms with van der Waals surface area (Å²) >= 11 is 0. The van der Waals surface area contributed by atoms with Crippen molar-refractivity contribution in [2.24, 2.45) is 5.92 Å². The number of rotatable bonds is 1. The molecule has 0 amide bonds. The van der Waals surface area contributed by atoms with E-state index in [-0.39, 0.29) is 0 Å². The first-order valence-corrected chi connectivity index (χ1v) is 6.99. The van der Waals surface area contributed by atoms with E-state index in [9.17, 15) is 0 Å². The Hall–Kier alpha value is -0.780. The van der Waals surface area contributed by atoms with E-state index < -0.39 is 0 Å². The molecule has 1 atom stereocenters. The average Bonchev–Trinajstić information content (AvgIpc) is 2.18. The summed E-state index contributed by atoms with van der Waals surface area (Å²) in [5.74, 6) is 0.739. The van der Waals surface area contributed by atoms with E-state index in [1.165, 1.54) is 57.8 Å². The van der Waals surface area contributed by atoms with Crippen LogP contribution in [0.2, 0.25) is 0 Å². The quantitative estimate of drug-likeness (QED) is 0.530. The molecule has 0 fully saturated rings. The molecule has 0 heterocycles. The van der Waals surface area contributed by atoms with Gasteiger partial charge in [0.15, 0.2) is 0 Å². The van der Waals surface area contributed by atoms with Crippen molar-refractivity contribution < 1.29 is 0 Å². The second-order valence-electron chi connectivity index (χ2n) is 5.09. The van der Waals surface area contributed by atoms with E-state index in [0.29, 0.717) is 0 Å². The van der Waals surface area contributed by atoms with Crippen LogP contribution in [0.25, 0.3) is 0 Å². The van der Waals surface area contributed by atoms with Crippen LogP contribution in [0.3, 0.4) is 0 Å². The van der Waals surface area contributed by atoms with Crippen LogP contribution >= 0.6 is 0 Å². The highest BCUT2D eigenvalue weighted by Crippen LogP contribution is 2.28. The molecule has 0 aromatic rings. The molecule has 1 unspecified atom stereocenters. The zero-order chi connectivity index (χ0) is 11.1. The molecule has 0 aromatic carbocycles. The van der Waals surface area contributed by atoms with Gasteiger partial charge in [-0.3, -0.25) is 0 Å². The molecule has 0 saturated heterocycles. The van der Waals surface area contributed by atoms with Gasteiger partial charge in [0, 0.05) is 0 Å². The summed E-state index contributed by atoms with van der Waals surface area (Å²) in [4.78, 5) is 0. The molecule has 0 heteroatoms. The Bertz CT molecular complexity index is 280. The lowest BCUT2D eigenvalue weighted by Crippen LogP contribution is -2.04. The van der Waals surface area contributed by atoms with Crippen molar-refractivity contribution in [1.82, 2.24) is 0 Å². The summed E-state index contributed by atoms with van der Waals surface area (Å²) in [6.45, 7) is 0. The Labute approximate surface area is 100 Å². The zero-order valence-corrected chi connectivity index (χ0v) is 10.3. The predicted octanol–water partition coefficient (Wildman–Crippen LogP) is 5.18. The Morgan fingerprint density at radius 3 is 2.75 bits per heavy atom. The third-order valence-corrected chi connectivity index (χ3v) is 3.76. The van der Waals surface area contributed by atoms with Crippen LogP contribution in [0.1, 0.15) is 57.8 Å². The maximum absolute atomic E-state index is 2.47. The normalized spacial score (nSPS) is 34.8. The van der Waals surface area contributed by atoms with Crippen LogP contribution in [0, 0.1) is 5.92 Å². The minimum absolute atomic E-state index is 0.739.